The predicted molar refractivity (Wildman–Crippen MR) is 144 cm³/mol. The average molecular weight is 500 g/mol. The molecule has 0 aliphatic heterocycles. The summed E-state index contributed by atoms with van der Waals surface area (Å²) in [5, 5.41) is 14.5. The summed E-state index contributed by atoms with van der Waals surface area (Å²) < 4.78 is 0. The van der Waals surface area contributed by atoms with Crippen LogP contribution in [0.15, 0.2) is 96.4 Å². The molecule has 4 rings (SSSR count). The van der Waals surface area contributed by atoms with Crippen LogP contribution in [0, 0.1) is 0 Å². The zero-order chi connectivity index (χ0) is 25.2. The van der Waals surface area contributed by atoms with Crippen molar-refractivity contribution in [3.63, 3.8) is 0 Å². The number of anilines is 1. The van der Waals surface area contributed by atoms with Crippen molar-refractivity contribution in [3.05, 3.63) is 108 Å². The third-order valence-corrected chi connectivity index (χ3v) is 6.74. The largest absolute Gasteiger partial charge is 0.481 e. The van der Waals surface area contributed by atoms with Gasteiger partial charge in [-0.2, -0.15) is 0 Å². The predicted octanol–water partition coefficient (Wildman–Crippen LogP) is 6.73. The number of thiazole rings is 1. The number of nitrogens with zero attached hydrogens (tertiary/aromatic N) is 2. The van der Waals surface area contributed by atoms with Crippen LogP contribution in [0.4, 0.5) is 9.93 Å². The highest BCUT2D eigenvalue weighted by atomic mass is 32.1. The number of aromatic nitrogens is 1. The van der Waals surface area contributed by atoms with E-state index >= 15 is 0 Å². The zero-order valence-electron chi connectivity index (χ0n) is 19.9. The molecule has 0 radical (unpaired) electrons. The van der Waals surface area contributed by atoms with Gasteiger partial charge >= 0.3 is 12.0 Å². The number of hydrogen-bond donors (Lipinski definition) is 2. The molecule has 0 unspecified atom stereocenters. The van der Waals surface area contributed by atoms with E-state index in [1.165, 1.54) is 22.5 Å². The molecule has 184 valence electrons. The fourth-order valence-electron chi connectivity index (χ4n) is 4.16. The van der Waals surface area contributed by atoms with Crippen LogP contribution in [0.3, 0.4) is 0 Å². The molecule has 0 fully saturated rings. The van der Waals surface area contributed by atoms with Gasteiger partial charge in [-0.3, -0.25) is 10.1 Å². The van der Waals surface area contributed by atoms with Crippen molar-refractivity contribution in [2.24, 2.45) is 0 Å². The van der Waals surface area contributed by atoms with E-state index in [1.807, 2.05) is 72.1 Å². The lowest BCUT2D eigenvalue weighted by Crippen LogP contribution is -2.37. The summed E-state index contributed by atoms with van der Waals surface area (Å²) >= 11 is 1.37. The Morgan fingerprint density at radius 2 is 1.44 bits per heavy atom. The second kappa shape index (κ2) is 12.7. The normalized spacial score (nSPS) is 10.8. The quantitative estimate of drug-likeness (QED) is 0.240. The van der Waals surface area contributed by atoms with Crippen molar-refractivity contribution in [2.45, 2.75) is 25.2 Å². The lowest BCUT2D eigenvalue weighted by atomic mass is 9.88. The number of carbonyl (C=O) groups excluding carboxylic acids is 1. The Bertz CT molecular complexity index is 1210. The molecule has 0 aliphatic carbocycles. The van der Waals surface area contributed by atoms with Crippen molar-refractivity contribution < 1.29 is 14.7 Å². The van der Waals surface area contributed by atoms with Gasteiger partial charge in [0.05, 0.1) is 5.69 Å². The maximum Gasteiger partial charge on any atom is 0.323 e. The molecule has 3 aromatic carbocycles. The summed E-state index contributed by atoms with van der Waals surface area (Å²) in [5.74, 6) is -0.749. The number of hydrogen-bond acceptors (Lipinski definition) is 4. The minimum Gasteiger partial charge on any atom is -0.481 e. The van der Waals surface area contributed by atoms with Gasteiger partial charge in [-0.05, 0) is 24.0 Å². The lowest BCUT2D eigenvalue weighted by molar-refractivity contribution is -0.137. The summed E-state index contributed by atoms with van der Waals surface area (Å²) in [6.07, 6.45) is 1.11. The van der Waals surface area contributed by atoms with E-state index in [4.69, 9.17) is 5.11 Å². The van der Waals surface area contributed by atoms with Crippen LogP contribution in [-0.4, -0.2) is 40.1 Å². The lowest BCUT2D eigenvalue weighted by Gasteiger charge is -2.26. The minimum absolute atomic E-state index is 0.0139. The second-order valence-electron chi connectivity index (χ2n) is 8.48. The molecule has 7 heteroatoms. The Hall–Kier alpha value is -3.97. The highest BCUT2D eigenvalue weighted by Gasteiger charge is 2.20. The number of rotatable bonds is 11. The average Bonchev–Trinajstić information content (AvgIpc) is 3.38. The first-order valence-corrected chi connectivity index (χ1v) is 12.9. The molecule has 0 saturated carbocycles. The van der Waals surface area contributed by atoms with E-state index in [9.17, 15) is 9.59 Å². The van der Waals surface area contributed by atoms with Crippen molar-refractivity contribution in [1.29, 1.82) is 0 Å². The molecule has 2 N–H and O–H groups in total. The smallest absolute Gasteiger partial charge is 0.323 e. The summed E-state index contributed by atoms with van der Waals surface area (Å²) in [5.41, 5.74) is 4.16. The third-order valence-electron chi connectivity index (χ3n) is 5.99. The number of carbonyl (C=O) groups is 2. The molecule has 0 atom stereocenters. The SMILES string of the molecule is O=C(O)CCCN(CCC(c1ccccc1)c1ccccc1)C(=O)Nc1nc(-c2ccccc2)cs1. The van der Waals surface area contributed by atoms with Crippen LogP contribution >= 0.6 is 11.3 Å². The highest BCUT2D eigenvalue weighted by molar-refractivity contribution is 7.14. The van der Waals surface area contributed by atoms with Crippen molar-refractivity contribution in [2.75, 3.05) is 18.4 Å². The van der Waals surface area contributed by atoms with Gasteiger partial charge in [-0.25, -0.2) is 9.78 Å². The van der Waals surface area contributed by atoms with Gasteiger partial charge < -0.3 is 10.0 Å². The minimum atomic E-state index is -0.866. The summed E-state index contributed by atoms with van der Waals surface area (Å²) in [4.78, 5) is 30.6. The topological polar surface area (TPSA) is 82.5 Å². The Morgan fingerprint density at radius 3 is 2.03 bits per heavy atom. The molecule has 0 saturated heterocycles. The number of aliphatic carboxylic acids is 1. The van der Waals surface area contributed by atoms with Gasteiger partial charge in [0.1, 0.15) is 0 Å². The fraction of sp³-hybridized carbons (Fsp3) is 0.207. The van der Waals surface area contributed by atoms with Gasteiger partial charge in [0.15, 0.2) is 5.13 Å². The van der Waals surface area contributed by atoms with Crippen molar-refractivity contribution >= 4 is 28.5 Å². The Labute approximate surface area is 215 Å². The van der Waals surface area contributed by atoms with Crippen LogP contribution < -0.4 is 5.32 Å². The maximum atomic E-state index is 13.3. The van der Waals surface area contributed by atoms with E-state index in [0.717, 1.165) is 11.3 Å². The van der Waals surface area contributed by atoms with Crippen LogP contribution in [0.25, 0.3) is 11.3 Å². The number of carboxylic acids is 1. The Kier molecular flexibility index (Phi) is 8.83. The first kappa shape index (κ1) is 25.1. The molecule has 0 bridgehead atoms. The molecule has 0 aliphatic rings. The van der Waals surface area contributed by atoms with Gasteiger partial charge in [0.25, 0.3) is 0 Å². The number of nitrogens with one attached hydrogen (secondary N) is 1. The zero-order valence-corrected chi connectivity index (χ0v) is 20.7. The standard InChI is InChI=1S/C29H29N3O3S/c33-27(34)17-10-19-32(29(35)31-28-30-26(21-36-28)24-15-8-3-9-16-24)20-18-25(22-11-4-1-5-12-22)23-13-6-2-7-14-23/h1-9,11-16,21,25H,10,17-20H2,(H,33,34)(H,30,31,35). The molecule has 1 aromatic heterocycles. The molecular weight excluding hydrogens is 470 g/mol. The van der Waals surface area contributed by atoms with Gasteiger partial charge in [0, 0.05) is 36.4 Å². The number of benzene rings is 3. The number of urea groups is 1. The van der Waals surface area contributed by atoms with Crippen molar-refractivity contribution in [3.8, 4) is 11.3 Å². The molecular formula is C29H29N3O3S. The Balaban J connectivity index is 1.48. The molecule has 36 heavy (non-hydrogen) atoms. The van der Waals surface area contributed by atoms with E-state index in [2.05, 4.69) is 34.6 Å². The van der Waals surface area contributed by atoms with Gasteiger partial charge in [-0.15, -0.1) is 11.3 Å². The van der Waals surface area contributed by atoms with E-state index in [0.29, 0.717) is 31.1 Å². The van der Waals surface area contributed by atoms with E-state index < -0.39 is 5.97 Å². The van der Waals surface area contributed by atoms with E-state index in [-0.39, 0.29) is 18.4 Å². The highest BCUT2D eigenvalue weighted by Crippen LogP contribution is 2.29. The number of amides is 2. The first-order chi connectivity index (χ1) is 17.6. The van der Waals surface area contributed by atoms with E-state index in [1.54, 1.807) is 4.90 Å². The van der Waals surface area contributed by atoms with Crippen LogP contribution in [-0.2, 0) is 4.79 Å². The van der Waals surface area contributed by atoms with Gasteiger partial charge in [0.2, 0.25) is 0 Å². The van der Waals surface area contributed by atoms with Gasteiger partial charge in [-0.1, -0.05) is 91.0 Å². The molecule has 4 aromatic rings. The summed E-state index contributed by atoms with van der Waals surface area (Å²) in [7, 11) is 0. The first-order valence-electron chi connectivity index (χ1n) is 12.0. The fourth-order valence-corrected chi connectivity index (χ4v) is 4.87. The summed E-state index contributed by atoms with van der Waals surface area (Å²) in [6.45, 7) is 0.835. The molecule has 2 amide bonds. The second-order valence-corrected chi connectivity index (χ2v) is 9.34. The van der Waals surface area contributed by atoms with Crippen LogP contribution in [0.5, 0.6) is 0 Å². The van der Waals surface area contributed by atoms with Crippen molar-refractivity contribution in [1.82, 2.24) is 9.88 Å². The number of carboxylic acid groups (broad SMARTS) is 1. The molecule has 6 nitrogen and oxygen atoms in total. The summed E-state index contributed by atoms with van der Waals surface area (Å²) in [6, 6.07) is 30.0. The van der Waals surface area contributed by atoms with Crippen LogP contribution in [0.2, 0.25) is 0 Å². The van der Waals surface area contributed by atoms with Crippen LogP contribution in [0.1, 0.15) is 36.3 Å². The maximum absolute atomic E-state index is 13.3. The molecule has 1 heterocycles. The Morgan fingerprint density at radius 1 is 0.861 bits per heavy atom. The molecule has 0 spiro atoms. The monoisotopic (exact) mass is 499 g/mol. The third kappa shape index (κ3) is 7.02.